The molecule has 2 atom stereocenters. The Hall–Kier alpha value is -2.80. The molecular weight excluding hydrogens is 338 g/mol. The van der Waals surface area contributed by atoms with E-state index >= 15 is 0 Å². The van der Waals surface area contributed by atoms with Crippen LogP contribution in [0.5, 0.6) is 0 Å². The third kappa shape index (κ3) is 2.88. The Balaban J connectivity index is 1.52. The lowest BCUT2D eigenvalue weighted by Crippen LogP contribution is -2.29. The van der Waals surface area contributed by atoms with Gasteiger partial charge in [-0.3, -0.25) is 9.67 Å². The van der Waals surface area contributed by atoms with E-state index < -0.39 is 0 Å². The minimum atomic E-state index is 0.0746. The summed E-state index contributed by atoms with van der Waals surface area (Å²) in [6.07, 6.45) is 10.8. The molecule has 7 nitrogen and oxygen atoms in total. The fraction of sp³-hybridized carbons (Fsp3) is 0.400. The molecule has 3 aromatic heterocycles. The van der Waals surface area contributed by atoms with Gasteiger partial charge < -0.3 is 10.6 Å². The summed E-state index contributed by atoms with van der Waals surface area (Å²) in [6.45, 7) is 1.67. The summed E-state index contributed by atoms with van der Waals surface area (Å²) in [7, 11) is 1.94. The van der Waals surface area contributed by atoms with Crippen molar-refractivity contribution in [3.63, 3.8) is 0 Å². The van der Waals surface area contributed by atoms with Crippen LogP contribution in [0.1, 0.15) is 29.2 Å². The fourth-order valence-electron chi connectivity index (χ4n) is 4.29. The van der Waals surface area contributed by atoms with Crippen LogP contribution in [-0.2, 0) is 19.9 Å². The number of hydrogen-bond acceptors (Lipinski definition) is 6. The lowest BCUT2D eigenvalue weighted by molar-refractivity contribution is 0.652. The van der Waals surface area contributed by atoms with Gasteiger partial charge in [-0.15, -0.1) is 0 Å². The maximum atomic E-state index is 6.51. The molecule has 1 fully saturated rings. The molecule has 27 heavy (non-hydrogen) atoms. The highest BCUT2D eigenvalue weighted by Gasteiger charge is 2.35. The van der Waals surface area contributed by atoms with Gasteiger partial charge in [0.15, 0.2) is 5.82 Å². The van der Waals surface area contributed by atoms with Crippen molar-refractivity contribution in [3.05, 3.63) is 53.7 Å². The van der Waals surface area contributed by atoms with Crippen molar-refractivity contribution in [3.8, 4) is 11.4 Å². The number of hydrogen-bond donors (Lipinski definition) is 1. The average molecular weight is 361 g/mol. The molecule has 0 radical (unpaired) electrons. The predicted octanol–water partition coefficient (Wildman–Crippen LogP) is 1.69. The van der Waals surface area contributed by atoms with Crippen molar-refractivity contribution in [1.29, 1.82) is 0 Å². The van der Waals surface area contributed by atoms with E-state index in [-0.39, 0.29) is 12.0 Å². The van der Waals surface area contributed by atoms with E-state index in [1.54, 1.807) is 12.4 Å². The van der Waals surface area contributed by atoms with Crippen molar-refractivity contribution in [1.82, 2.24) is 24.7 Å². The minimum Gasteiger partial charge on any atom is -0.354 e. The van der Waals surface area contributed by atoms with Crippen LogP contribution in [-0.4, -0.2) is 43.9 Å². The van der Waals surface area contributed by atoms with Crippen molar-refractivity contribution >= 4 is 5.82 Å². The molecule has 2 aliphatic rings. The minimum absolute atomic E-state index is 0.0746. The first kappa shape index (κ1) is 16.4. The van der Waals surface area contributed by atoms with E-state index in [4.69, 9.17) is 15.7 Å². The lowest BCUT2D eigenvalue weighted by atomic mass is 9.98. The number of fused-ring (bicyclic) bond motifs is 1. The van der Waals surface area contributed by atoms with Crippen LogP contribution in [0.3, 0.4) is 0 Å². The quantitative estimate of drug-likeness (QED) is 0.764. The van der Waals surface area contributed by atoms with E-state index in [2.05, 4.69) is 21.2 Å². The molecule has 5 rings (SSSR count). The van der Waals surface area contributed by atoms with Gasteiger partial charge in [0.1, 0.15) is 5.82 Å². The maximum Gasteiger partial charge on any atom is 0.161 e. The van der Waals surface area contributed by atoms with Gasteiger partial charge in [0.05, 0.1) is 6.20 Å². The van der Waals surface area contributed by atoms with Crippen LogP contribution in [0.15, 0.2) is 36.9 Å². The largest absolute Gasteiger partial charge is 0.354 e. The number of aryl methyl sites for hydroxylation is 2. The summed E-state index contributed by atoms with van der Waals surface area (Å²) in [5.41, 5.74) is 11.2. The highest BCUT2D eigenvalue weighted by atomic mass is 15.3. The highest BCUT2D eigenvalue weighted by molar-refractivity contribution is 5.61. The second kappa shape index (κ2) is 6.42. The molecule has 1 aliphatic carbocycles. The van der Waals surface area contributed by atoms with Gasteiger partial charge in [-0.1, -0.05) is 0 Å². The molecule has 0 unspecified atom stereocenters. The summed E-state index contributed by atoms with van der Waals surface area (Å²) in [5.74, 6) is 2.12. The Morgan fingerprint density at radius 2 is 1.96 bits per heavy atom. The van der Waals surface area contributed by atoms with E-state index in [1.807, 2.05) is 30.1 Å². The molecular formula is C20H23N7. The second-order valence-corrected chi connectivity index (χ2v) is 7.51. The van der Waals surface area contributed by atoms with E-state index in [0.717, 1.165) is 49.6 Å². The molecule has 3 aromatic rings. The monoisotopic (exact) mass is 361 g/mol. The summed E-state index contributed by atoms with van der Waals surface area (Å²) >= 11 is 0. The van der Waals surface area contributed by atoms with E-state index in [1.165, 1.54) is 16.8 Å². The molecule has 0 amide bonds. The molecule has 2 N–H and O–H groups in total. The summed E-state index contributed by atoms with van der Waals surface area (Å²) in [5, 5.41) is 4.32. The average Bonchev–Trinajstić information content (AvgIpc) is 3.41. The number of anilines is 1. The zero-order valence-electron chi connectivity index (χ0n) is 15.4. The smallest absolute Gasteiger partial charge is 0.161 e. The Labute approximate surface area is 158 Å². The van der Waals surface area contributed by atoms with Crippen LogP contribution < -0.4 is 10.6 Å². The number of nitrogens with two attached hydrogens (primary N) is 1. The van der Waals surface area contributed by atoms with Crippen molar-refractivity contribution in [2.24, 2.45) is 12.8 Å². The fourth-order valence-corrected chi connectivity index (χ4v) is 4.29. The third-order valence-corrected chi connectivity index (χ3v) is 5.67. The third-order valence-electron chi connectivity index (χ3n) is 5.67. The molecule has 1 aliphatic heterocycles. The van der Waals surface area contributed by atoms with Crippen LogP contribution in [0, 0.1) is 0 Å². The van der Waals surface area contributed by atoms with Crippen LogP contribution in [0.4, 0.5) is 5.82 Å². The normalized spacial score (nSPS) is 21.6. The van der Waals surface area contributed by atoms with Gasteiger partial charge >= 0.3 is 0 Å². The van der Waals surface area contributed by atoms with Gasteiger partial charge in [-0.2, -0.15) is 5.10 Å². The Kier molecular flexibility index (Phi) is 3.89. The molecule has 0 bridgehead atoms. The van der Waals surface area contributed by atoms with Gasteiger partial charge in [0, 0.05) is 67.5 Å². The van der Waals surface area contributed by atoms with Crippen molar-refractivity contribution < 1.29 is 0 Å². The molecule has 4 heterocycles. The summed E-state index contributed by atoms with van der Waals surface area (Å²) < 4.78 is 1.84. The zero-order chi connectivity index (χ0) is 18.4. The summed E-state index contributed by atoms with van der Waals surface area (Å²) in [4.78, 5) is 16.3. The van der Waals surface area contributed by atoms with Gasteiger partial charge in [-0.25, -0.2) is 9.97 Å². The first-order chi connectivity index (χ1) is 13.2. The number of rotatable bonds is 3. The van der Waals surface area contributed by atoms with E-state index in [0.29, 0.717) is 0 Å². The molecule has 1 saturated heterocycles. The number of nitrogens with zero attached hydrogens (tertiary/aromatic N) is 6. The van der Waals surface area contributed by atoms with Gasteiger partial charge in [-0.05, 0) is 37.0 Å². The Morgan fingerprint density at radius 3 is 2.74 bits per heavy atom. The van der Waals surface area contributed by atoms with E-state index in [9.17, 15) is 0 Å². The Bertz CT molecular complexity index is 966. The highest BCUT2D eigenvalue weighted by Crippen LogP contribution is 2.35. The van der Waals surface area contributed by atoms with Crippen molar-refractivity contribution in [2.75, 3.05) is 18.0 Å². The number of pyridine rings is 1. The molecule has 0 saturated carbocycles. The SMILES string of the molecule is Cn1cc([C@@H]2CN(c3nc(-c4ccncc4)nc4c3CCC4)C[C@H]2N)cn1. The molecule has 138 valence electrons. The standard InChI is InChI=1S/C20H23N7/c1-26-10-14(9-23-26)16-11-27(12-17(16)21)20-15-3-2-4-18(15)24-19(25-20)13-5-7-22-8-6-13/h5-10,16-17H,2-4,11-12,21H2,1H3/t16-,17+/m0/s1. The maximum absolute atomic E-state index is 6.51. The molecule has 0 spiro atoms. The van der Waals surface area contributed by atoms with Crippen LogP contribution >= 0.6 is 0 Å². The second-order valence-electron chi connectivity index (χ2n) is 7.51. The number of aromatic nitrogens is 5. The summed E-state index contributed by atoms with van der Waals surface area (Å²) in [6, 6.07) is 4.01. The van der Waals surface area contributed by atoms with Crippen LogP contribution in [0.2, 0.25) is 0 Å². The van der Waals surface area contributed by atoms with Gasteiger partial charge in [0.25, 0.3) is 0 Å². The topological polar surface area (TPSA) is 85.8 Å². The molecule has 0 aromatic carbocycles. The lowest BCUT2D eigenvalue weighted by Gasteiger charge is -2.21. The van der Waals surface area contributed by atoms with Gasteiger partial charge in [0.2, 0.25) is 0 Å². The first-order valence-electron chi connectivity index (χ1n) is 9.48. The Morgan fingerprint density at radius 1 is 1.11 bits per heavy atom. The molecule has 7 heteroatoms. The first-order valence-corrected chi connectivity index (χ1v) is 9.48. The predicted molar refractivity (Wildman–Crippen MR) is 103 cm³/mol. The van der Waals surface area contributed by atoms with Crippen molar-refractivity contribution in [2.45, 2.75) is 31.2 Å². The van der Waals surface area contributed by atoms with Crippen LogP contribution in [0.25, 0.3) is 11.4 Å². The zero-order valence-corrected chi connectivity index (χ0v) is 15.4.